The molecule has 3 nitrogen and oxygen atoms in total. The summed E-state index contributed by atoms with van der Waals surface area (Å²) in [6, 6.07) is 6.21. The lowest BCUT2D eigenvalue weighted by atomic mass is 10.1. The third-order valence-electron chi connectivity index (χ3n) is 3.50. The van der Waals surface area contributed by atoms with Crippen molar-refractivity contribution in [1.82, 2.24) is 10.2 Å². The smallest absolute Gasteiger partial charge is 0.253 e. The first-order chi connectivity index (χ1) is 8.59. The zero-order chi connectivity index (χ0) is 13.1. The highest BCUT2D eigenvalue weighted by molar-refractivity contribution is 9.10. The number of amides is 1. The van der Waals surface area contributed by atoms with Crippen molar-refractivity contribution in [1.29, 1.82) is 0 Å². The minimum atomic E-state index is 0.0995. The highest BCUT2D eigenvalue weighted by atomic mass is 79.9. The first kappa shape index (κ1) is 13.6. The van der Waals surface area contributed by atoms with Gasteiger partial charge in [0.15, 0.2) is 0 Å². The zero-order valence-electron chi connectivity index (χ0n) is 10.9. The molecule has 1 aromatic rings. The Morgan fingerprint density at radius 2 is 2.33 bits per heavy atom. The first-order valence-electron chi connectivity index (χ1n) is 6.33. The molecule has 0 aliphatic carbocycles. The Labute approximate surface area is 117 Å². The molecule has 0 radical (unpaired) electrons. The van der Waals surface area contributed by atoms with Crippen LogP contribution in [0.25, 0.3) is 0 Å². The zero-order valence-corrected chi connectivity index (χ0v) is 12.5. The van der Waals surface area contributed by atoms with Gasteiger partial charge >= 0.3 is 0 Å². The predicted molar refractivity (Wildman–Crippen MR) is 76.9 cm³/mol. The number of nitrogens with zero attached hydrogens (tertiary/aromatic N) is 1. The van der Waals surface area contributed by atoms with Crippen molar-refractivity contribution in [3.63, 3.8) is 0 Å². The Hall–Kier alpha value is -0.870. The van der Waals surface area contributed by atoms with Gasteiger partial charge in [-0.25, -0.2) is 0 Å². The van der Waals surface area contributed by atoms with Crippen LogP contribution in [0.15, 0.2) is 22.7 Å². The SMILES string of the molecule is Cc1c(Br)cccc1C(=O)N(C)CC1CCCN1. The van der Waals surface area contributed by atoms with E-state index in [0.29, 0.717) is 6.04 Å². The van der Waals surface area contributed by atoms with Crippen LogP contribution in [0.2, 0.25) is 0 Å². The Bertz CT molecular complexity index is 441. The molecule has 1 aromatic carbocycles. The van der Waals surface area contributed by atoms with E-state index in [1.807, 2.05) is 37.1 Å². The Kier molecular flexibility index (Phi) is 4.40. The van der Waals surface area contributed by atoms with E-state index in [-0.39, 0.29) is 5.91 Å². The van der Waals surface area contributed by atoms with Gasteiger partial charge in [-0.15, -0.1) is 0 Å². The summed E-state index contributed by atoms with van der Waals surface area (Å²) in [7, 11) is 1.88. The van der Waals surface area contributed by atoms with Gasteiger partial charge < -0.3 is 10.2 Å². The Morgan fingerprint density at radius 3 is 3.00 bits per heavy atom. The van der Waals surface area contributed by atoms with Crippen molar-refractivity contribution in [3.8, 4) is 0 Å². The van der Waals surface area contributed by atoms with Crippen LogP contribution in [0.5, 0.6) is 0 Å². The normalized spacial score (nSPS) is 18.9. The topological polar surface area (TPSA) is 32.3 Å². The number of hydrogen-bond donors (Lipinski definition) is 1. The van der Waals surface area contributed by atoms with Gasteiger partial charge in [-0.3, -0.25) is 4.79 Å². The van der Waals surface area contributed by atoms with Crippen molar-refractivity contribution in [2.24, 2.45) is 0 Å². The number of carbonyl (C=O) groups is 1. The van der Waals surface area contributed by atoms with Crippen molar-refractivity contribution in [2.75, 3.05) is 20.1 Å². The molecule has 4 heteroatoms. The summed E-state index contributed by atoms with van der Waals surface area (Å²) in [5, 5.41) is 3.42. The average Bonchev–Trinajstić information content (AvgIpc) is 2.84. The minimum absolute atomic E-state index is 0.0995. The molecule has 1 atom stereocenters. The van der Waals surface area contributed by atoms with Gasteiger partial charge in [0.1, 0.15) is 0 Å². The fourth-order valence-corrected chi connectivity index (χ4v) is 2.74. The second kappa shape index (κ2) is 5.85. The van der Waals surface area contributed by atoms with Crippen molar-refractivity contribution >= 4 is 21.8 Å². The highest BCUT2D eigenvalue weighted by Crippen LogP contribution is 2.20. The Morgan fingerprint density at radius 1 is 1.56 bits per heavy atom. The molecule has 0 spiro atoms. The number of hydrogen-bond acceptors (Lipinski definition) is 2. The van der Waals surface area contributed by atoms with Crippen LogP contribution < -0.4 is 5.32 Å². The lowest BCUT2D eigenvalue weighted by Gasteiger charge is -2.22. The molecular weight excluding hydrogens is 292 g/mol. The van der Waals surface area contributed by atoms with Crippen LogP contribution >= 0.6 is 15.9 Å². The molecule has 1 aliphatic heterocycles. The average molecular weight is 311 g/mol. The fraction of sp³-hybridized carbons (Fsp3) is 0.500. The van der Waals surface area contributed by atoms with E-state index in [1.54, 1.807) is 0 Å². The number of benzene rings is 1. The van der Waals surface area contributed by atoms with Crippen LogP contribution in [0.1, 0.15) is 28.8 Å². The van der Waals surface area contributed by atoms with Gasteiger partial charge in [0.05, 0.1) is 0 Å². The maximum atomic E-state index is 12.4. The molecule has 0 bridgehead atoms. The lowest BCUT2D eigenvalue weighted by Crippen LogP contribution is -2.38. The minimum Gasteiger partial charge on any atom is -0.340 e. The Balaban J connectivity index is 2.07. The number of rotatable bonds is 3. The summed E-state index contributed by atoms with van der Waals surface area (Å²) in [4.78, 5) is 14.2. The van der Waals surface area contributed by atoms with Crippen LogP contribution in [-0.4, -0.2) is 37.0 Å². The molecule has 1 saturated heterocycles. The number of carbonyl (C=O) groups excluding carboxylic acids is 1. The second-order valence-electron chi connectivity index (χ2n) is 4.89. The predicted octanol–water partition coefficient (Wildman–Crippen LogP) is 2.58. The molecule has 2 rings (SSSR count). The molecule has 98 valence electrons. The summed E-state index contributed by atoms with van der Waals surface area (Å²) in [5.74, 6) is 0.0995. The molecule has 1 N–H and O–H groups in total. The standard InChI is InChI=1S/C14H19BrN2O/c1-10-12(6-3-7-13(10)15)14(18)17(2)9-11-5-4-8-16-11/h3,6-7,11,16H,4-5,8-9H2,1-2H3. The van der Waals surface area contributed by atoms with E-state index in [9.17, 15) is 4.79 Å². The van der Waals surface area contributed by atoms with Crippen LogP contribution in [-0.2, 0) is 0 Å². The van der Waals surface area contributed by atoms with E-state index in [2.05, 4.69) is 21.2 Å². The summed E-state index contributed by atoms with van der Waals surface area (Å²) in [6.07, 6.45) is 2.37. The molecule has 1 fully saturated rings. The molecule has 1 unspecified atom stereocenters. The van der Waals surface area contributed by atoms with Crippen molar-refractivity contribution < 1.29 is 4.79 Å². The largest absolute Gasteiger partial charge is 0.340 e. The quantitative estimate of drug-likeness (QED) is 0.930. The van der Waals surface area contributed by atoms with E-state index >= 15 is 0 Å². The van der Waals surface area contributed by atoms with E-state index in [4.69, 9.17) is 0 Å². The summed E-state index contributed by atoms with van der Waals surface area (Å²) < 4.78 is 0.987. The van der Waals surface area contributed by atoms with Gasteiger partial charge in [-0.1, -0.05) is 22.0 Å². The molecule has 0 saturated carbocycles. The fourth-order valence-electron chi connectivity index (χ4n) is 2.37. The van der Waals surface area contributed by atoms with Crippen LogP contribution in [0.3, 0.4) is 0 Å². The second-order valence-corrected chi connectivity index (χ2v) is 5.75. The number of halogens is 1. The molecule has 1 amide bonds. The molecule has 18 heavy (non-hydrogen) atoms. The summed E-state index contributed by atoms with van der Waals surface area (Å²) in [5.41, 5.74) is 1.79. The van der Waals surface area contributed by atoms with Gasteiger partial charge in [-0.2, -0.15) is 0 Å². The molecule has 1 aliphatic rings. The van der Waals surface area contributed by atoms with Crippen LogP contribution in [0.4, 0.5) is 0 Å². The van der Waals surface area contributed by atoms with Crippen LogP contribution in [0, 0.1) is 6.92 Å². The third kappa shape index (κ3) is 2.93. The summed E-state index contributed by atoms with van der Waals surface area (Å²) >= 11 is 3.47. The molecule has 1 heterocycles. The molecular formula is C14H19BrN2O. The number of likely N-dealkylation sites (N-methyl/N-ethyl adjacent to an activating group) is 1. The lowest BCUT2D eigenvalue weighted by molar-refractivity contribution is 0.0783. The van der Waals surface area contributed by atoms with Gasteiger partial charge in [0.25, 0.3) is 5.91 Å². The van der Waals surface area contributed by atoms with Gasteiger partial charge in [-0.05, 0) is 44.0 Å². The monoisotopic (exact) mass is 310 g/mol. The van der Waals surface area contributed by atoms with Gasteiger partial charge in [0, 0.05) is 29.7 Å². The van der Waals surface area contributed by atoms with Crippen molar-refractivity contribution in [3.05, 3.63) is 33.8 Å². The maximum absolute atomic E-state index is 12.4. The van der Waals surface area contributed by atoms with E-state index in [0.717, 1.165) is 35.1 Å². The number of nitrogens with one attached hydrogen (secondary N) is 1. The maximum Gasteiger partial charge on any atom is 0.253 e. The van der Waals surface area contributed by atoms with E-state index in [1.165, 1.54) is 6.42 Å². The first-order valence-corrected chi connectivity index (χ1v) is 7.13. The van der Waals surface area contributed by atoms with Gasteiger partial charge in [0.2, 0.25) is 0 Å². The third-order valence-corrected chi connectivity index (χ3v) is 4.36. The summed E-state index contributed by atoms with van der Waals surface area (Å²) in [6.45, 7) is 3.83. The molecule has 0 aromatic heterocycles. The van der Waals surface area contributed by atoms with Crippen molar-refractivity contribution in [2.45, 2.75) is 25.8 Å². The van der Waals surface area contributed by atoms with E-state index < -0.39 is 0 Å². The highest BCUT2D eigenvalue weighted by Gasteiger charge is 2.20.